The van der Waals surface area contributed by atoms with Gasteiger partial charge >= 0.3 is 19.8 Å². The molecule has 63 heavy (non-hydrogen) atoms. The minimum absolute atomic E-state index is 0.0349. The van der Waals surface area contributed by atoms with E-state index in [0.717, 1.165) is 32.1 Å². The number of quaternary nitrogens is 1. The van der Waals surface area contributed by atoms with Gasteiger partial charge < -0.3 is 18.9 Å². The summed E-state index contributed by atoms with van der Waals surface area (Å²) in [5, 5.41) is 0. The Hall–Kier alpha value is -1.25. The predicted molar refractivity (Wildman–Crippen MR) is 266 cm³/mol. The Labute approximate surface area is 390 Å². The van der Waals surface area contributed by atoms with Gasteiger partial charge in [0.1, 0.15) is 19.8 Å². The zero-order valence-corrected chi connectivity index (χ0v) is 43.2. The highest BCUT2D eigenvalue weighted by Gasteiger charge is 2.27. The Balaban J connectivity index is 4.19. The van der Waals surface area contributed by atoms with Gasteiger partial charge in [0.2, 0.25) is 0 Å². The maximum atomic E-state index is 12.8. The molecule has 1 N–H and O–H groups in total. The molecular formula is C53H105NO8P+. The van der Waals surface area contributed by atoms with Crippen molar-refractivity contribution in [1.82, 2.24) is 0 Å². The summed E-state index contributed by atoms with van der Waals surface area (Å²) in [5.41, 5.74) is 0. The third kappa shape index (κ3) is 50.0. The van der Waals surface area contributed by atoms with Crippen LogP contribution in [0.4, 0.5) is 0 Å². The second-order valence-electron chi connectivity index (χ2n) is 19.6. The number of hydrogen-bond donors (Lipinski definition) is 1. The zero-order chi connectivity index (χ0) is 46.4. The van der Waals surface area contributed by atoms with Crippen molar-refractivity contribution >= 4 is 19.8 Å². The first kappa shape index (κ1) is 61.8. The lowest BCUT2D eigenvalue weighted by atomic mass is 10.0. The van der Waals surface area contributed by atoms with E-state index in [2.05, 4.69) is 26.0 Å². The fourth-order valence-electron chi connectivity index (χ4n) is 7.84. The number of allylic oxidation sites excluding steroid dienone is 2. The van der Waals surface area contributed by atoms with Crippen molar-refractivity contribution in [3.8, 4) is 0 Å². The molecule has 10 heteroatoms. The Kier molecular flexibility index (Phi) is 45.0. The molecule has 0 heterocycles. The lowest BCUT2D eigenvalue weighted by Crippen LogP contribution is -2.37. The summed E-state index contributed by atoms with van der Waals surface area (Å²) in [6, 6.07) is 0. The maximum Gasteiger partial charge on any atom is 0.472 e. The van der Waals surface area contributed by atoms with Gasteiger partial charge in [-0.25, -0.2) is 4.57 Å². The summed E-state index contributed by atoms with van der Waals surface area (Å²) >= 11 is 0. The van der Waals surface area contributed by atoms with Crippen LogP contribution in [0.1, 0.15) is 264 Å². The van der Waals surface area contributed by atoms with E-state index in [1.165, 1.54) is 199 Å². The van der Waals surface area contributed by atoms with Crippen LogP contribution in [-0.2, 0) is 32.7 Å². The van der Waals surface area contributed by atoms with Gasteiger partial charge in [0.25, 0.3) is 0 Å². The lowest BCUT2D eigenvalue weighted by molar-refractivity contribution is -0.870. The molecule has 0 aliphatic rings. The van der Waals surface area contributed by atoms with Crippen molar-refractivity contribution in [1.29, 1.82) is 0 Å². The topological polar surface area (TPSA) is 108 Å². The fourth-order valence-corrected chi connectivity index (χ4v) is 8.58. The summed E-state index contributed by atoms with van der Waals surface area (Å²) in [6.07, 6.45) is 51.2. The number of phosphoric ester groups is 1. The highest BCUT2D eigenvalue weighted by atomic mass is 31.2. The van der Waals surface area contributed by atoms with Gasteiger partial charge in [-0.2, -0.15) is 0 Å². The van der Waals surface area contributed by atoms with Crippen LogP contribution in [0.25, 0.3) is 0 Å². The zero-order valence-electron chi connectivity index (χ0n) is 42.3. The Morgan fingerprint density at radius 1 is 0.476 bits per heavy atom. The number of carbonyl (C=O) groups excluding carboxylic acids is 2. The van der Waals surface area contributed by atoms with Crippen molar-refractivity contribution in [3.63, 3.8) is 0 Å². The highest BCUT2D eigenvalue weighted by molar-refractivity contribution is 7.47. The summed E-state index contributed by atoms with van der Waals surface area (Å²) in [6.45, 7) is 4.48. The molecule has 1 unspecified atom stereocenters. The first-order chi connectivity index (χ1) is 30.5. The molecule has 2 atom stereocenters. The molecule has 0 fully saturated rings. The van der Waals surface area contributed by atoms with E-state index in [1.54, 1.807) is 0 Å². The van der Waals surface area contributed by atoms with E-state index in [9.17, 15) is 19.0 Å². The van der Waals surface area contributed by atoms with Crippen LogP contribution in [0.2, 0.25) is 0 Å². The number of hydrogen-bond acceptors (Lipinski definition) is 7. The number of esters is 2. The molecule has 9 nitrogen and oxygen atoms in total. The molecule has 0 saturated carbocycles. The molecule has 0 saturated heterocycles. The SMILES string of the molecule is CCCCCCCC/C=C/CCCCCCCCCCCC(=O)O[C@H](COC(=O)CCCCCCCCCCCCCCCCCCCCCC)COP(=O)(O)OCC[N+](C)(C)C. The molecule has 0 aromatic heterocycles. The van der Waals surface area contributed by atoms with Crippen LogP contribution < -0.4 is 0 Å². The van der Waals surface area contributed by atoms with Crippen molar-refractivity contribution in [2.24, 2.45) is 0 Å². The third-order valence-corrected chi connectivity index (χ3v) is 13.0. The fraction of sp³-hybridized carbons (Fsp3) is 0.925. The number of ether oxygens (including phenoxy) is 2. The predicted octanol–water partition coefficient (Wildman–Crippen LogP) is 16.1. The number of carbonyl (C=O) groups is 2. The lowest BCUT2D eigenvalue weighted by Gasteiger charge is -2.24. The Morgan fingerprint density at radius 2 is 0.810 bits per heavy atom. The van der Waals surface area contributed by atoms with Gasteiger partial charge in [-0.15, -0.1) is 0 Å². The van der Waals surface area contributed by atoms with Gasteiger partial charge in [-0.05, 0) is 38.5 Å². The molecule has 0 amide bonds. The largest absolute Gasteiger partial charge is 0.472 e. The van der Waals surface area contributed by atoms with E-state index < -0.39 is 26.5 Å². The maximum absolute atomic E-state index is 12.8. The van der Waals surface area contributed by atoms with Gasteiger partial charge in [-0.3, -0.25) is 18.6 Å². The molecule has 0 rings (SSSR count). The van der Waals surface area contributed by atoms with Crippen LogP contribution >= 0.6 is 7.82 Å². The average Bonchev–Trinajstić information content (AvgIpc) is 3.24. The van der Waals surface area contributed by atoms with Crippen LogP contribution in [0.15, 0.2) is 12.2 Å². The Morgan fingerprint density at radius 3 is 1.17 bits per heavy atom. The second-order valence-corrected chi connectivity index (χ2v) is 21.1. The van der Waals surface area contributed by atoms with E-state index in [-0.39, 0.29) is 25.6 Å². The highest BCUT2D eigenvalue weighted by Crippen LogP contribution is 2.43. The minimum Gasteiger partial charge on any atom is -0.462 e. The molecule has 0 aliphatic carbocycles. The first-order valence-electron chi connectivity index (χ1n) is 26.9. The summed E-state index contributed by atoms with van der Waals surface area (Å²) in [7, 11) is 1.49. The van der Waals surface area contributed by atoms with Crippen molar-refractivity contribution in [2.45, 2.75) is 270 Å². The smallest absolute Gasteiger partial charge is 0.462 e. The molecule has 0 radical (unpaired) electrons. The summed E-state index contributed by atoms with van der Waals surface area (Å²) in [5.74, 6) is -0.783. The van der Waals surface area contributed by atoms with Crippen LogP contribution in [-0.4, -0.2) is 74.9 Å². The van der Waals surface area contributed by atoms with E-state index in [1.807, 2.05) is 21.1 Å². The van der Waals surface area contributed by atoms with Gasteiger partial charge in [-0.1, -0.05) is 225 Å². The monoisotopic (exact) mass is 915 g/mol. The normalized spacial score (nSPS) is 13.4. The molecule has 0 spiro atoms. The number of phosphoric acid groups is 1. The standard InChI is InChI=1S/C53H104NO8P/c1-6-8-10-12-14-16-18-20-22-24-26-28-29-31-33-35-37-39-41-43-45-52(55)59-49-51(50-61-63(57,58)60-48-47-54(3,4)5)62-53(56)46-44-42-40-38-36-34-32-30-27-25-23-21-19-17-15-13-11-9-7-2/h21,23,51H,6-20,22,24-50H2,1-5H3/p+1/b23-21+/t51-/m1/s1. The van der Waals surface area contributed by atoms with Crippen LogP contribution in [0.5, 0.6) is 0 Å². The molecule has 0 aromatic rings. The molecule has 0 aliphatic heterocycles. The molecular weight excluding hydrogens is 810 g/mol. The van der Waals surface area contributed by atoms with Crippen molar-refractivity contribution < 1.29 is 42.1 Å². The number of rotatable bonds is 50. The van der Waals surface area contributed by atoms with Crippen molar-refractivity contribution in [3.05, 3.63) is 12.2 Å². The van der Waals surface area contributed by atoms with Gasteiger partial charge in [0.15, 0.2) is 6.10 Å². The van der Waals surface area contributed by atoms with Crippen LogP contribution in [0.3, 0.4) is 0 Å². The molecule has 0 aromatic carbocycles. The van der Waals surface area contributed by atoms with Gasteiger partial charge in [0.05, 0.1) is 27.7 Å². The minimum atomic E-state index is -4.38. The van der Waals surface area contributed by atoms with E-state index >= 15 is 0 Å². The van der Waals surface area contributed by atoms with E-state index in [0.29, 0.717) is 23.9 Å². The molecule has 0 bridgehead atoms. The first-order valence-corrected chi connectivity index (χ1v) is 28.4. The van der Waals surface area contributed by atoms with Crippen molar-refractivity contribution in [2.75, 3.05) is 47.5 Å². The average molecular weight is 915 g/mol. The van der Waals surface area contributed by atoms with E-state index in [4.69, 9.17) is 18.5 Å². The third-order valence-electron chi connectivity index (χ3n) is 12.0. The Bertz CT molecular complexity index is 1080. The second kappa shape index (κ2) is 45.9. The summed E-state index contributed by atoms with van der Waals surface area (Å²) < 4.78 is 34.5. The number of likely N-dealkylation sites (N-methyl/N-ethyl adjacent to an activating group) is 1. The number of unbranched alkanes of at least 4 members (excludes halogenated alkanes) is 34. The van der Waals surface area contributed by atoms with Crippen LogP contribution in [0, 0.1) is 0 Å². The number of nitrogens with zero attached hydrogens (tertiary/aromatic N) is 1. The summed E-state index contributed by atoms with van der Waals surface area (Å²) in [4.78, 5) is 35.6. The van der Waals surface area contributed by atoms with Gasteiger partial charge in [0, 0.05) is 12.8 Å². The molecule has 374 valence electrons. The quantitative estimate of drug-likeness (QED) is 0.0211.